The zero-order valence-corrected chi connectivity index (χ0v) is 7.77. The number of hydrogen-bond donors (Lipinski definition) is 0. The van der Waals surface area contributed by atoms with Crippen molar-refractivity contribution in [1.82, 2.24) is 4.90 Å². The van der Waals surface area contributed by atoms with Gasteiger partial charge in [-0.25, -0.2) is 0 Å². The average Bonchev–Trinajstić information content (AvgIpc) is 2.77. The van der Waals surface area contributed by atoms with Crippen LogP contribution in [0.1, 0.15) is 39.0 Å². The lowest BCUT2D eigenvalue weighted by Gasteiger charge is -2.37. The van der Waals surface area contributed by atoms with Crippen LogP contribution < -0.4 is 0 Å². The average molecular weight is 153 g/mol. The van der Waals surface area contributed by atoms with E-state index in [4.69, 9.17) is 0 Å². The Labute approximate surface area is 69.8 Å². The van der Waals surface area contributed by atoms with Crippen molar-refractivity contribution in [2.75, 3.05) is 13.6 Å². The lowest BCUT2D eigenvalue weighted by Crippen LogP contribution is -2.41. The van der Waals surface area contributed by atoms with Gasteiger partial charge in [0.1, 0.15) is 0 Å². The minimum atomic E-state index is 0.693. The maximum Gasteiger partial charge on any atom is 0.0210 e. The first-order valence-corrected chi connectivity index (χ1v) is 4.98. The first-order valence-electron chi connectivity index (χ1n) is 4.98. The minimum absolute atomic E-state index is 0.693. The van der Waals surface area contributed by atoms with Gasteiger partial charge in [-0.05, 0) is 45.2 Å². The van der Waals surface area contributed by atoms with Crippen molar-refractivity contribution in [2.24, 2.45) is 5.92 Å². The summed E-state index contributed by atoms with van der Waals surface area (Å²) >= 11 is 0. The summed E-state index contributed by atoms with van der Waals surface area (Å²) in [4.78, 5) is 2.60. The molecular weight excluding hydrogens is 134 g/mol. The van der Waals surface area contributed by atoms with Crippen LogP contribution in [0, 0.1) is 5.92 Å². The van der Waals surface area contributed by atoms with Crippen LogP contribution in [0.25, 0.3) is 0 Å². The predicted octanol–water partition coefficient (Wildman–Crippen LogP) is 2.27. The molecule has 1 aliphatic carbocycles. The van der Waals surface area contributed by atoms with Crippen LogP contribution in [-0.4, -0.2) is 24.0 Å². The third-order valence-corrected chi connectivity index (χ3v) is 3.76. The highest BCUT2D eigenvalue weighted by atomic mass is 15.2. The molecule has 0 aromatic heterocycles. The van der Waals surface area contributed by atoms with E-state index >= 15 is 0 Å². The van der Waals surface area contributed by atoms with Gasteiger partial charge in [-0.1, -0.05) is 13.3 Å². The normalized spacial score (nSPS) is 36.0. The molecule has 1 spiro atoms. The highest BCUT2D eigenvalue weighted by Crippen LogP contribution is 2.49. The summed E-state index contributed by atoms with van der Waals surface area (Å²) < 4.78 is 0. The molecule has 1 nitrogen and oxygen atoms in total. The number of hydrogen-bond acceptors (Lipinski definition) is 1. The number of likely N-dealkylation sites (tertiary alicyclic amines) is 1. The number of nitrogens with zero attached hydrogens (tertiary/aromatic N) is 1. The van der Waals surface area contributed by atoms with E-state index in [2.05, 4.69) is 18.9 Å². The van der Waals surface area contributed by atoms with Crippen LogP contribution in [0.2, 0.25) is 0 Å². The lowest BCUT2D eigenvalue weighted by molar-refractivity contribution is 0.121. The molecule has 1 aliphatic heterocycles. The minimum Gasteiger partial charge on any atom is -0.301 e. The molecule has 2 aliphatic rings. The Morgan fingerprint density at radius 1 is 1.45 bits per heavy atom. The molecule has 11 heavy (non-hydrogen) atoms. The van der Waals surface area contributed by atoms with Crippen molar-refractivity contribution in [3.05, 3.63) is 0 Å². The maximum atomic E-state index is 2.60. The molecule has 0 aromatic rings. The summed E-state index contributed by atoms with van der Waals surface area (Å²) in [7, 11) is 2.30. The fourth-order valence-corrected chi connectivity index (χ4v) is 2.49. The topological polar surface area (TPSA) is 3.24 Å². The van der Waals surface area contributed by atoms with Crippen LogP contribution in [0.5, 0.6) is 0 Å². The van der Waals surface area contributed by atoms with E-state index in [1.54, 1.807) is 0 Å². The Hall–Kier alpha value is -0.0400. The molecule has 2 rings (SSSR count). The summed E-state index contributed by atoms with van der Waals surface area (Å²) in [6.07, 6.45) is 7.27. The molecule has 64 valence electrons. The van der Waals surface area contributed by atoms with Gasteiger partial charge in [0.05, 0.1) is 0 Å². The molecule has 1 saturated carbocycles. The Morgan fingerprint density at radius 3 is 2.73 bits per heavy atom. The zero-order chi connectivity index (χ0) is 7.90. The van der Waals surface area contributed by atoms with Gasteiger partial charge in [0.25, 0.3) is 0 Å². The van der Waals surface area contributed by atoms with Gasteiger partial charge >= 0.3 is 0 Å². The third-order valence-electron chi connectivity index (χ3n) is 3.76. The molecule has 1 unspecified atom stereocenters. The van der Waals surface area contributed by atoms with Crippen molar-refractivity contribution < 1.29 is 0 Å². The van der Waals surface area contributed by atoms with Gasteiger partial charge in [-0.15, -0.1) is 0 Å². The second kappa shape index (κ2) is 2.48. The van der Waals surface area contributed by atoms with Crippen molar-refractivity contribution >= 4 is 0 Å². The van der Waals surface area contributed by atoms with E-state index in [0.29, 0.717) is 5.54 Å². The summed E-state index contributed by atoms with van der Waals surface area (Å²) in [6.45, 7) is 3.69. The third kappa shape index (κ3) is 1.20. The molecule has 2 fully saturated rings. The second-order valence-corrected chi connectivity index (χ2v) is 4.41. The predicted molar refractivity (Wildman–Crippen MR) is 47.6 cm³/mol. The smallest absolute Gasteiger partial charge is 0.0210 e. The zero-order valence-electron chi connectivity index (χ0n) is 7.77. The quantitative estimate of drug-likeness (QED) is 0.558. The van der Waals surface area contributed by atoms with Crippen LogP contribution in [-0.2, 0) is 0 Å². The van der Waals surface area contributed by atoms with Crippen molar-refractivity contribution in [3.8, 4) is 0 Å². The van der Waals surface area contributed by atoms with Gasteiger partial charge in [-0.2, -0.15) is 0 Å². The van der Waals surface area contributed by atoms with Crippen LogP contribution in [0.4, 0.5) is 0 Å². The molecule has 1 saturated heterocycles. The Kier molecular flexibility index (Phi) is 1.71. The lowest BCUT2D eigenvalue weighted by atomic mass is 9.88. The van der Waals surface area contributed by atoms with Crippen molar-refractivity contribution in [1.29, 1.82) is 0 Å². The van der Waals surface area contributed by atoms with Crippen LogP contribution in [0.15, 0.2) is 0 Å². The summed E-state index contributed by atoms with van der Waals surface area (Å²) in [5.74, 6) is 1.04. The summed E-state index contributed by atoms with van der Waals surface area (Å²) in [5, 5.41) is 0. The van der Waals surface area contributed by atoms with Crippen molar-refractivity contribution in [3.63, 3.8) is 0 Å². The Balaban J connectivity index is 1.98. The molecule has 1 heterocycles. The summed E-state index contributed by atoms with van der Waals surface area (Å²) in [5.41, 5.74) is 0.693. The van der Waals surface area contributed by atoms with Gasteiger partial charge < -0.3 is 4.90 Å². The van der Waals surface area contributed by atoms with Gasteiger partial charge in [0.15, 0.2) is 0 Å². The molecule has 1 heteroatoms. The highest BCUT2D eigenvalue weighted by Gasteiger charge is 2.49. The van der Waals surface area contributed by atoms with E-state index in [1.807, 2.05) is 0 Å². The molecule has 0 bridgehead atoms. The number of rotatable bonds is 1. The molecule has 0 N–H and O–H groups in total. The van der Waals surface area contributed by atoms with Gasteiger partial charge in [0.2, 0.25) is 0 Å². The SMILES string of the molecule is CCC1CCN(C)C2(CC2)C1. The van der Waals surface area contributed by atoms with E-state index in [9.17, 15) is 0 Å². The highest BCUT2D eigenvalue weighted by molar-refractivity contribution is 5.05. The van der Waals surface area contributed by atoms with E-state index in [-0.39, 0.29) is 0 Å². The summed E-state index contributed by atoms with van der Waals surface area (Å²) in [6, 6.07) is 0. The molecule has 0 aromatic carbocycles. The fourth-order valence-electron chi connectivity index (χ4n) is 2.49. The molecule has 0 amide bonds. The number of piperidine rings is 1. The Morgan fingerprint density at radius 2 is 2.18 bits per heavy atom. The molecule has 0 radical (unpaired) electrons. The first kappa shape index (κ1) is 7.60. The molecule has 1 atom stereocenters. The molecular formula is C10H19N. The largest absolute Gasteiger partial charge is 0.301 e. The van der Waals surface area contributed by atoms with E-state index in [0.717, 1.165) is 5.92 Å². The second-order valence-electron chi connectivity index (χ2n) is 4.41. The van der Waals surface area contributed by atoms with Crippen molar-refractivity contribution in [2.45, 2.75) is 44.6 Å². The standard InChI is InChI=1S/C10H19N/c1-3-9-4-7-11(2)10(8-9)5-6-10/h9H,3-8H2,1-2H3. The fraction of sp³-hybridized carbons (Fsp3) is 1.00. The van der Waals surface area contributed by atoms with Gasteiger partial charge in [0, 0.05) is 5.54 Å². The van der Waals surface area contributed by atoms with Gasteiger partial charge in [-0.3, -0.25) is 0 Å². The monoisotopic (exact) mass is 153 g/mol. The Bertz CT molecular complexity index is 149. The maximum absolute atomic E-state index is 2.60. The van der Waals surface area contributed by atoms with Crippen LogP contribution in [0.3, 0.4) is 0 Å². The van der Waals surface area contributed by atoms with E-state index in [1.165, 1.54) is 38.6 Å². The van der Waals surface area contributed by atoms with Crippen LogP contribution >= 0.6 is 0 Å². The van der Waals surface area contributed by atoms with E-state index < -0.39 is 0 Å². The first-order chi connectivity index (χ1) is 5.27.